The molecule has 1 aliphatic heterocycles. The molecule has 2 aromatic carbocycles. The Labute approximate surface area is 165 Å². The first-order valence-electron chi connectivity index (χ1n) is 7.34. The van der Waals surface area contributed by atoms with Crippen molar-refractivity contribution in [2.75, 3.05) is 0 Å². The van der Waals surface area contributed by atoms with Crippen molar-refractivity contribution in [2.45, 2.75) is 13.8 Å². The number of nitrogens with zero attached hydrogens (tertiary/aromatic N) is 1. The largest absolute Gasteiger partial charge is 0.300 e. The molecule has 128 valence electrons. The first kappa shape index (κ1) is 18.3. The topological polar surface area (TPSA) is 41.5 Å². The fourth-order valence-electron chi connectivity index (χ4n) is 2.44. The van der Waals surface area contributed by atoms with E-state index in [4.69, 9.17) is 34.8 Å². The second-order valence-electron chi connectivity index (χ2n) is 5.62. The predicted molar refractivity (Wildman–Crippen MR) is 108 cm³/mol. The summed E-state index contributed by atoms with van der Waals surface area (Å²) in [6, 6.07) is 9.21. The van der Waals surface area contributed by atoms with Gasteiger partial charge in [-0.05, 0) is 72.6 Å². The molecule has 1 heterocycles. The standard InChI is InChI=1S/C18H13Cl3N2OS/c1-9-3-10(2)5-13(4-9)22-18-23-17(24)15(25-18)7-11-6-12(19)8-14(20)16(11)21/h3-8H,1-2H3,(H,22,23,24)/b15-7+. The molecule has 0 bridgehead atoms. The van der Waals surface area contributed by atoms with Gasteiger partial charge < -0.3 is 5.32 Å². The number of aliphatic imine (C=N–C) groups is 1. The minimum Gasteiger partial charge on any atom is -0.300 e. The van der Waals surface area contributed by atoms with Crippen LogP contribution >= 0.6 is 46.6 Å². The first-order chi connectivity index (χ1) is 11.8. The van der Waals surface area contributed by atoms with Gasteiger partial charge in [0.25, 0.3) is 5.91 Å². The summed E-state index contributed by atoms with van der Waals surface area (Å²) in [6.07, 6.45) is 1.66. The van der Waals surface area contributed by atoms with Crippen LogP contribution in [0.1, 0.15) is 16.7 Å². The minimum absolute atomic E-state index is 0.236. The molecule has 1 aliphatic rings. The molecule has 7 heteroatoms. The zero-order valence-corrected chi connectivity index (χ0v) is 16.4. The number of thioether (sulfide) groups is 1. The summed E-state index contributed by atoms with van der Waals surface area (Å²) in [7, 11) is 0. The maximum Gasteiger partial charge on any atom is 0.264 e. The van der Waals surface area contributed by atoms with E-state index in [1.807, 2.05) is 26.0 Å². The molecule has 0 radical (unpaired) electrons. The molecule has 0 aliphatic carbocycles. The van der Waals surface area contributed by atoms with Gasteiger partial charge in [0, 0.05) is 5.02 Å². The number of benzene rings is 2. The highest BCUT2D eigenvalue weighted by Gasteiger charge is 2.24. The highest BCUT2D eigenvalue weighted by Crippen LogP contribution is 2.34. The second kappa shape index (κ2) is 7.42. The molecule has 0 spiro atoms. The molecule has 1 fully saturated rings. The molecular weight excluding hydrogens is 399 g/mol. The quantitative estimate of drug-likeness (QED) is 0.475. The van der Waals surface area contributed by atoms with Crippen LogP contribution in [0.5, 0.6) is 0 Å². The summed E-state index contributed by atoms with van der Waals surface area (Å²) >= 11 is 19.5. The van der Waals surface area contributed by atoms with Crippen LogP contribution in [0.4, 0.5) is 5.69 Å². The van der Waals surface area contributed by atoms with Crippen LogP contribution in [0.15, 0.2) is 40.2 Å². The molecule has 1 N–H and O–H groups in total. The molecule has 3 nitrogen and oxygen atoms in total. The predicted octanol–water partition coefficient (Wildman–Crippen LogP) is 6.16. The fraction of sp³-hybridized carbons (Fsp3) is 0.111. The Balaban J connectivity index is 1.91. The summed E-state index contributed by atoms with van der Waals surface area (Å²) in [5.74, 6) is -0.236. The Kier molecular flexibility index (Phi) is 5.44. The number of carbonyl (C=O) groups excluding carboxylic acids is 1. The van der Waals surface area contributed by atoms with E-state index in [-0.39, 0.29) is 5.91 Å². The van der Waals surface area contributed by atoms with Gasteiger partial charge >= 0.3 is 0 Å². The summed E-state index contributed by atoms with van der Waals surface area (Å²) in [5.41, 5.74) is 3.62. The third-order valence-electron chi connectivity index (χ3n) is 3.40. The lowest BCUT2D eigenvalue weighted by Gasteiger charge is -2.03. The van der Waals surface area contributed by atoms with Gasteiger partial charge in [-0.2, -0.15) is 0 Å². The summed E-state index contributed by atoms with van der Waals surface area (Å²) in [6.45, 7) is 4.01. The van der Waals surface area contributed by atoms with Gasteiger partial charge in [0.2, 0.25) is 0 Å². The van der Waals surface area contributed by atoms with Crippen LogP contribution in [0, 0.1) is 13.8 Å². The van der Waals surface area contributed by atoms with E-state index >= 15 is 0 Å². The highest BCUT2D eigenvalue weighted by molar-refractivity contribution is 8.18. The van der Waals surface area contributed by atoms with Gasteiger partial charge in [-0.15, -0.1) is 0 Å². The molecule has 2 aromatic rings. The van der Waals surface area contributed by atoms with E-state index in [1.54, 1.807) is 18.2 Å². The molecule has 0 aromatic heterocycles. The highest BCUT2D eigenvalue weighted by atomic mass is 35.5. The SMILES string of the molecule is Cc1cc(C)cc(N=C2NC(=O)/C(=C\c3cc(Cl)cc(Cl)c3Cl)S2)c1. The van der Waals surface area contributed by atoms with Crippen molar-refractivity contribution in [2.24, 2.45) is 4.99 Å². The van der Waals surface area contributed by atoms with Crippen molar-refractivity contribution >= 4 is 69.4 Å². The molecule has 0 atom stereocenters. The Morgan fingerprint density at radius 3 is 2.40 bits per heavy atom. The number of halogens is 3. The molecule has 25 heavy (non-hydrogen) atoms. The number of amidine groups is 1. The summed E-state index contributed by atoms with van der Waals surface area (Å²) < 4.78 is 0. The average Bonchev–Trinajstić information content (AvgIpc) is 2.82. The van der Waals surface area contributed by atoms with Crippen molar-refractivity contribution in [3.63, 3.8) is 0 Å². The second-order valence-corrected chi connectivity index (χ2v) is 7.87. The molecular formula is C18H13Cl3N2OS. The van der Waals surface area contributed by atoms with Crippen molar-refractivity contribution in [1.82, 2.24) is 5.32 Å². The van der Waals surface area contributed by atoms with E-state index in [0.29, 0.717) is 30.7 Å². The van der Waals surface area contributed by atoms with Gasteiger partial charge in [0.15, 0.2) is 5.17 Å². The van der Waals surface area contributed by atoms with E-state index in [1.165, 1.54) is 11.8 Å². The molecule has 1 saturated heterocycles. The van der Waals surface area contributed by atoms with Gasteiger partial charge in [0.1, 0.15) is 0 Å². The maximum atomic E-state index is 12.2. The van der Waals surface area contributed by atoms with Gasteiger partial charge in [-0.1, -0.05) is 40.9 Å². The lowest BCUT2D eigenvalue weighted by molar-refractivity contribution is -0.115. The van der Waals surface area contributed by atoms with Crippen LogP contribution in [0.2, 0.25) is 15.1 Å². The van der Waals surface area contributed by atoms with Crippen LogP contribution in [-0.2, 0) is 4.79 Å². The zero-order valence-electron chi connectivity index (χ0n) is 13.4. The van der Waals surface area contributed by atoms with E-state index in [2.05, 4.69) is 16.4 Å². The van der Waals surface area contributed by atoms with Crippen molar-refractivity contribution in [3.8, 4) is 0 Å². The number of aryl methyl sites for hydroxylation is 2. The molecule has 0 saturated carbocycles. The molecule has 3 rings (SSSR count). The Hall–Kier alpha value is -1.46. The zero-order chi connectivity index (χ0) is 18.1. The van der Waals surface area contributed by atoms with Crippen molar-refractivity contribution in [3.05, 3.63) is 67.0 Å². The normalized spacial score (nSPS) is 17.4. The van der Waals surface area contributed by atoms with Crippen LogP contribution in [-0.4, -0.2) is 11.1 Å². The first-order valence-corrected chi connectivity index (χ1v) is 9.29. The molecule has 0 unspecified atom stereocenters. The number of amides is 1. The van der Waals surface area contributed by atoms with Crippen LogP contribution in [0.25, 0.3) is 6.08 Å². The van der Waals surface area contributed by atoms with Crippen molar-refractivity contribution in [1.29, 1.82) is 0 Å². The summed E-state index contributed by atoms with van der Waals surface area (Å²) in [5, 5.41) is 4.42. The lowest BCUT2D eigenvalue weighted by atomic mass is 10.1. The number of hydrogen-bond acceptors (Lipinski definition) is 3. The van der Waals surface area contributed by atoms with Gasteiger partial charge in [-0.3, -0.25) is 4.79 Å². The number of hydrogen-bond donors (Lipinski definition) is 1. The van der Waals surface area contributed by atoms with Gasteiger partial charge in [-0.25, -0.2) is 4.99 Å². The van der Waals surface area contributed by atoms with Gasteiger partial charge in [0.05, 0.1) is 20.6 Å². The number of nitrogens with one attached hydrogen (secondary N) is 1. The summed E-state index contributed by atoms with van der Waals surface area (Å²) in [4.78, 5) is 17.2. The monoisotopic (exact) mass is 410 g/mol. The molecule has 1 amide bonds. The average molecular weight is 412 g/mol. The van der Waals surface area contributed by atoms with Crippen LogP contribution < -0.4 is 5.32 Å². The van der Waals surface area contributed by atoms with Crippen molar-refractivity contribution < 1.29 is 4.79 Å². The maximum absolute atomic E-state index is 12.2. The van der Waals surface area contributed by atoms with E-state index < -0.39 is 0 Å². The Morgan fingerprint density at radius 2 is 1.72 bits per heavy atom. The smallest absolute Gasteiger partial charge is 0.264 e. The van der Waals surface area contributed by atoms with Crippen LogP contribution in [0.3, 0.4) is 0 Å². The third kappa shape index (κ3) is 4.39. The number of rotatable bonds is 2. The fourth-order valence-corrected chi connectivity index (χ4v) is 3.94. The van der Waals surface area contributed by atoms with E-state index in [0.717, 1.165) is 16.8 Å². The third-order valence-corrected chi connectivity index (χ3v) is 5.34. The number of carbonyl (C=O) groups is 1. The minimum atomic E-state index is -0.236. The Morgan fingerprint density at radius 1 is 1.04 bits per heavy atom. The van der Waals surface area contributed by atoms with E-state index in [9.17, 15) is 4.79 Å². The Bertz CT molecular complexity index is 918. The lowest BCUT2D eigenvalue weighted by Crippen LogP contribution is -2.19.